The van der Waals surface area contributed by atoms with E-state index in [9.17, 15) is 9.18 Å². The van der Waals surface area contributed by atoms with Gasteiger partial charge >= 0.3 is 0 Å². The lowest BCUT2D eigenvalue weighted by atomic mass is 10.1. The lowest BCUT2D eigenvalue weighted by molar-refractivity contribution is -0.129. The number of hydrogen-bond donors (Lipinski definition) is 1. The second-order valence-electron chi connectivity index (χ2n) is 4.26. The number of halogens is 1. The first kappa shape index (κ1) is 12.8. The van der Waals surface area contributed by atoms with Crippen LogP contribution in [-0.2, 0) is 4.79 Å². The quantitative estimate of drug-likeness (QED) is 0.803. The van der Waals surface area contributed by atoms with Crippen LogP contribution in [0.2, 0.25) is 0 Å². The highest BCUT2D eigenvalue weighted by molar-refractivity contribution is 7.80. The summed E-state index contributed by atoms with van der Waals surface area (Å²) < 4.78 is 13.2. The minimum Gasteiger partial charge on any atom is -0.389 e. The van der Waals surface area contributed by atoms with E-state index >= 15 is 0 Å². The maximum absolute atomic E-state index is 13.2. The molecule has 96 valence electrons. The van der Waals surface area contributed by atoms with Crippen LogP contribution in [0.3, 0.4) is 0 Å². The number of piperazine rings is 1. The summed E-state index contributed by atoms with van der Waals surface area (Å²) in [6, 6.07) is 4.27. The number of benzene rings is 1. The lowest BCUT2D eigenvalue weighted by Gasteiger charge is -2.34. The SMILES string of the molecule is CN1CCN(c2ccc(F)cc2C(N)=S)CC1=O. The Balaban J connectivity index is 2.33. The van der Waals surface area contributed by atoms with Gasteiger partial charge < -0.3 is 15.5 Å². The summed E-state index contributed by atoms with van der Waals surface area (Å²) in [5.41, 5.74) is 6.78. The van der Waals surface area contributed by atoms with Gasteiger partial charge in [0, 0.05) is 31.4 Å². The Morgan fingerprint density at radius 1 is 1.44 bits per heavy atom. The second kappa shape index (κ2) is 4.89. The third-order valence-corrected chi connectivity index (χ3v) is 3.24. The van der Waals surface area contributed by atoms with Crippen LogP contribution in [0.1, 0.15) is 5.56 Å². The van der Waals surface area contributed by atoms with Crippen LogP contribution < -0.4 is 10.6 Å². The molecule has 1 saturated heterocycles. The van der Waals surface area contributed by atoms with Gasteiger partial charge in [-0.2, -0.15) is 0 Å². The smallest absolute Gasteiger partial charge is 0.241 e. The molecule has 0 bridgehead atoms. The lowest BCUT2D eigenvalue weighted by Crippen LogP contribution is -2.49. The molecule has 0 aromatic heterocycles. The van der Waals surface area contributed by atoms with Crippen LogP contribution in [0.4, 0.5) is 10.1 Å². The normalized spacial score (nSPS) is 16.0. The summed E-state index contributed by atoms with van der Waals surface area (Å²) in [5, 5.41) is 0. The van der Waals surface area contributed by atoms with Crippen molar-refractivity contribution in [1.29, 1.82) is 0 Å². The Bertz CT molecular complexity index is 506. The third kappa shape index (κ3) is 2.43. The first-order valence-electron chi connectivity index (χ1n) is 5.57. The molecule has 18 heavy (non-hydrogen) atoms. The number of hydrogen-bond acceptors (Lipinski definition) is 3. The molecule has 0 atom stereocenters. The van der Waals surface area contributed by atoms with Gasteiger partial charge in [0.15, 0.2) is 0 Å². The van der Waals surface area contributed by atoms with Crippen molar-refractivity contribution in [2.24, 2.45) is 5.73 Å². The molecule has 0 aliphatic carbocycles. The Morgan fingerprint density at radius 2 is 2.17 bits per heavy atom. The Morgan fingerprint density at radius 3 is 2.78 bits per heavy atom. The molecule has 1 amide bonds. The van der Waals surface area contributed by atoms with Crippen LogP contribution in [0, 0.1) is 5.82 Å². The molecule has 1 aliphatic heterocycles. The zero-order valence-corrected chi connectivity index (χ0v) is 10.8. The predicted octanol–water partition coefficient (Wildman–Crippen LogP) is 0.738. The van der Waals surface area contributed by atoms with Gasteiger partial charge in [-0.05, 0) is 18.2 Å². The maximum atomic E-state index is 13.2. The molecule has 1 aromatic rings. The van der Waals surface area contributed by atoms with E-state index in [4.69, 9.17) is 18.0 Å². The van der Waals surface area contributed by atoms with E-state index in [1.54, 1.807) is 18.0 Å². The van der Waals surface area contributed by atoms with E-state index in [1.807, 2.05) is 4.90 Å². The summed E-state index contributed by atoms with van der Waals surface area (Å²) in [4.78, 5) is 15.3. The molecule has 2 rings (SSSR count). The van der Waals surface area contributed by atoms with Crippen molar-refractivity contribution >= 4 is 28.8 Å². The topological polar surface area (TPSA) is 49.6 Å². The molecule has 1 heterocycles. The number of carbonyl (C=O) groups is 1. The number of rotatable bonds is 2. The van der Waals surface area contributed by atoms with E-state index in [-0.39, 0.29) is 23.3 Å². The Labute approximate surface area is 110 Å². The van der Waals surface area contributed by atoms with Gasteiger partial charge in [0.25, 0.3) is 0 Å². The van der Waals surface area contributed by atoms with Crippen molar-refractivity contribution in [3.8, 4) is 0 Å². The van der Waals surface area contributed by atoms with Crippen molar-refractivity contribution in [2.45, 2.75) is 0 Å². The Kier molecular flexibility index (Phi) is 3.47. The van der Waals surface area contributed by atoms with Crippen molar-refractivity contribution in [3.63, 3.8) is 0 Å². The average Bonchev–Trinajstić information content (AvgIpc) is 2.32. The molecule has 0 unspecified atom stereocenters. The highest BCUT2D eigenvalue weighted by Crippen LogP contribution is 2.23. The van der Waals surface area contributed by atoms with E-state index < -0.39 is 0 Å². The third-order valence-electron chi connectivity index (χ3n) is 3.02. The highest BCUT2D eigenvalue weighted by Gasteiger charge is 2.23. The molecule has 1 fully saturated rings. The molecular formula is C12H14FN3OS. The summed E-state index contributed by atoms with van der Waals surface area (Å²) >= 11 is 4.92. The largest absolute Gasteiger partial charge is 0.389 e. The minimum atomic E-state index is -0.387. The number of likely N-dealkylation sites (N-methyl/N-ethyl adjacent to an activating group) is 1. The fraction of sp³-hybridized carbons (Fsp3) is 0.333. The number of nitrogens with two attached hydrogens (primary N) is 1. The molecule has 0 radical (unpaired) electrons. The average molecular weight is 267 g/mol. The van der Waals surface area contributed by atoms with Crippen molar-refractivity contribution in [3.05, 3.63) is 29.6 Å². The minimum absolute atomic E-state index is 0.0273. The molecule has 1 aromatic carbocycles. The molecule has 0 saturated carbocycles. The molecule has 2 N–H and O–H groups in total. The van der Waals surface area contributed by atoms with Crippen molar-refractivity contribution in [1.82, 2.24) is 4.90 Å². The summed E-state index contributed by atoms with van der Waals surface area (Å²) in [7, 11) is 1.76. The fourth-order valence-corrected chi connectivity index (χ4v) is 2.11. The van der Waals surface area contributed by atoms with Gasteiger partial charge in [-0.3, -0.25) is 4.79 Å². The monoisotopic (exact) mass is 267 g/mol. The van der Waals surface area contributed by atoms with E-state index in [1.165, 1.54) is 12.1 Å². The van der Waals surface area contributed by atoms with Gasteiger partial charge in [0.2, 0.25) is 5.91 Å². The number of amides is 1. The maximum Gasteiger partial charge on any atom is 0.241 e. The number of thiocarbonyl (C=S) groups is 1. The van der Waals surface area contributed by atoms with Gasteiger partial charge in [0.1, 0.15) is 10.8 Å². The van der Waals surface area contributed by atoms with Crippen LogP contribution in [0.5, 0.6) is 0 Å². The van der Waals surface area contributed by atoms with Crippen molar-refractivity contribution in [2.75, 3.05) is 31.6 Å². The van der Waals surface area contributed by atoms with Gasteiger partial charge in [0.05, 0.1) is 6.54 Å². The zero-order chi connectivity index (χ0) is 13.3. The summed E-state index contributed by atoms with van der Waals surface area (Å²) in [5.74, 6) is -0.360. The number of anilines is 1. The van der Waals surface area contributed by atoms with Crippen LogP contribution in [-0.4, -0.2) is 42.5 Å². The number of carbonyl (C=O) groups excluding carboxylic acids is 1. The van der Waals surface area contributed by atoms with Gasteiger partial charge in [-0.1, -0.05) is 12.2 Å². The molecule has 1 aliphatic rings. The standard InChI is InChI=1S/C12H14FN3OS/c1-15-4-5-16(7-11(15)17)10-3-2-8(13)6-9(10)12(14)18/h2-3,6H,4-5,7H2,1H3,(H2,14,18). The summed E-state index contributed by atoms with van der Waals surface area (Å²) in [6.45, 7) is 1.58. The first-order chi connectivity index (χ1) is 8.49. The second-order valence-corrected chi connectivity index (χ2v) is 4.70. The van der Waals surface area contributed by atoms with Crippen LogP contribution in [0.25, 0.3) is 0 Å². The van der Waals surface area contributed by atoms with Crippen LogP contribution >= 0.6 is 12.2 Å². The van der Waals surface area contributed by atoms with Gasteiger partial charge in [-0.25, -0.2) is 4.39 Å². The van der Waals surface area contributed by atoms with Crippen LogP contribution in [0.15, 0.2) is 18.2 Å². The van der Waals surface area contributed by atoms with E-state index in [0.29, 0.717) is 24.3 Å². The van der Waals surface area contributed by atoms with Crippen molar-refractivity contribution < 1.29 is 9.18 Å². The Hall–Kier alpha value is -1.69. The van der Waals surface area contributed by atoms with Gasteiger partial charge in [-0.15, -0.1) is 0 Å². The number of nitrogens with zero attached hydrogens (tertiary/aromatic N) is 2. The molecule has 0 spiro atoms. The molecular weight excluding hydrogens is 253 g/mol. The highest BCUT2D eigenvalue weighted by atomic mass is 32.1. The predicted molar refractivity (Wildman–Crippen MR) is 72.1 cm³/mol. The summed E-state index contributed by atoms with van der Waals surface area (Å²) in [6.07, 6.45) is 0. The van der Waals surface area contributed by atoms with E-state index in [2.05, 4.69) is 0 Å². The fourth-order valence-electron chi connectivity index (χ4n) is 1.95. The van der Waals surface area contributed by atoms with E-state index in [0.717, 1.165) is 0 Å². The first-order valence-corrected chi connectivity index (χ1v) is 5.98. The zero-order valence-electron chi connectivity index (χ0n) is 10.0. The molecule has 4 nitrogen and oxygen atoms in total. The molecule has 6 heteroatoms.